The third kappa shape index (κ3) is 8.97. The lowest BCUT2D eigenvalue weighted by molar-refractivity contribution is -0.127. The molecular formula is C26H37IN4O2. The van der Waals surface area contributed by atoms with Crippen molar-refractivity contribution in [2.24, 2.45) is 10.9 Å². The normalized spacial score (nSPS) is 18.2. The predicted molar refractivity (Wildman–Crippen MR) is 145 cm³/mol. The van der Waals surface area contributed by atoms with Gasteiger partial charge in [-0.05, 0) is 37.3 Å². The molecule has 0 aliphatic carbocycles. The van der Waals surface area contributed by atoms with Crippen LogP contribution in [0.1, 0.15) is 35.6 Å². The SMILES string of the molecule is Cc1ccc(C2OCCCC2CNC(=NCC(=O)N(C)C)NCCc2ccccc2)cc1.I. The van der Waals surface area contributed by atoms with E-state index < -0.39 is 0 Å². The summed E-state index contributed by atoms with van der Waals surface area (Å²) in [6.07, 6.45) is 3.12. The first-order chi connectivity index (χ1) is 15.5. The van der Waals surface area contributed by atoms with E-state index in [-0.39, 0.29) is 42.5 Å². The number of aliphatic imine (C=N–C) groups is 1. The monoisotopic (exact) mass is 564 g/mol. The minimum absolute atomic E-state index is 0. The van der Waals surface area contributed by atoms with E-state index >= 15 is 0 Å². The van der Waals surface area contributed by atoms with E-state index in [1.54, 1.807) is 19.0 Å². The third-order valence-electron chi connectivity index (χ3n) is 5.80. The average Bonchev–Trinajstić information content (AvgIpc) is 2.81. The van der Waals surface area contributed by atoms with Crippen molar-refractivity contribution in [3.8, 4) is 0 Å². The molecule has 33 heavy (non-hydrogen) atoms. The van der Waals surface area contributed by atoms with Gasteiger partial charge in [0.05, 0.1) is 6.10 Å². The second-order valence-electron chi connectivity index (χ2n) is 8.60. The first-order valence-electron chi connectivity index (χ1n) is 11.5. The molecule has 0 saturated carbocycles. The van der Waals surface area contributed by atoms with Gasteiger partial charge in [-0.15, -0.1) is 24.0 Å². The Kier molecular flexibility index (Phi) is 11.7. The van der Waals surface area contributed by atoms with Crippen molar-refractivity contribution < 1.29 is 9.53 Å². The summed E-state index contributed by atoms with van der Waals surface area (Å²) in [7, 11) is 3.50. The van der Waals surface area contributed by atoms with Crippen molar-refractivity contribution >= 4 is 35.8 Å². The van der Waals surface area contributed by atoms with E-state index in [2.05, 4.69) is 58.9 Å². The molecule has 6 nitrogen and oxygen atoms in total. The zero-order valence-electron chi connectivity index (χ0n) is 19.9. The summed E-state index contributed by atoms with van der Waals surface area (Å²) in [6.45, 7) is 4.50. The molecule has 0 radical (unpaired) electrons. The summed E-state index contributed by atoms with van der Waals surface area (Å²) in [4.78, 5) is 18.2. The number of nitrogens with one attached hydrogen (secondary N) is 2. The van der Waals surface area contributed by atoms with Crippen molar-refractivity contribution in [3.63, 3.8) is 0 Å². The Balaban J connectivity index is 0.00000385. The van der Waals surface area contributed by atoms with E-state index in [0.29, 0.717) is 11.9 Å². The maximum Gasteiger partial charge on any atom is 0.243 e. The van der Waals surface area contributed by atoms with Crippen LogP contribution in [-0.2, 0) is 16.0 Å². The Morgan fingerprint density at radius 1 is 1.09 bits per heavy atom. The minimum atomic E-state index is -0.0207. The van der Waals surface area contributed by atoms with Crippen LogP contribution in [0.25, 0.3) is 0 Å². The Hall–Kier alpha value is -2.13. The number of benzene rings is 2. The van der Waals surface area contributed by atoms with Gasteiger partial charge in [0.1, 0.15) is 6.54 Å². The lowest BCUT2D eigenvalue weighted by Crippen LogP contribution is -2.43. The highest BCUT2D eigenvalue weighted by Crippen LogP contribution is 2.33. The maximum atomic E-state index is 12.1. The van der Waals surface area contributed by atoms with Crippen molar-refractivity contribution in [3.05, 3.63) is 71.3 Å². The van der Waals surface area contributed by atoms with Crippen LogP contribution in [0.15, 0.2) is 59.6 Å². The number of hydrogen-bond acceptors (Lipinski definition) is 3. The van der Waals surface area contributed by atoms with Gasteiger partial charge in [-0.1, -0.05) is 60.2 Å². The van der Waals surface area contributed by atoms with Gasteiger partial charge >= 0.3 is 0 Å². The number of guanidine groups is 1. The Morgan fingerprint density at radius 3 is 2.52 bits per heavy atom. The van der Waals surface area contributed by atoms with Crippen LogP contribution in [0.5, 0.6) is 0 Å². The molecule has 0 aromatic heterocycles. The van der Waals surface area contributed by atoms with E-state index in [9.17, 15) is 4.79 Å². The fraction of sp³-hybridized carbons (Fsp3) is 0.462. The number of nitrogens with zero attached hydrogens (tertiary/aromatic N) is 2. The van der Waals surface area contributed by atoms with Crippen LogP contribution in [0.4, 0.5) is 0 Å². The van der Waals surface area contributed by atoms with Crippen LogP contribution >= 0.6 is 24.0 Å². The number of carbonyl (C=O) groups excluding carboxylic acids is 1. The molecular weight excluding hydrogens is 527 g/mol. The van der Waals surface area contributed by atoms with Gasteiger partial charge in [-0.3, -0.25) is 4.79 Å². The number of carbonyl (C=O) groups is 1. The molecule has 2 N–H and O–H groups in total. The summed E-state index contributed by atoms with van der Waals surface area (Å²) in [6, 6.07) is 19.0. The number of likely N-dealkylation sites (N-methyl/N-ethyl adjacent to an activating group) is 1. The molecule has 1 fully saturated rings. The molecule has 1 amide bonds. The molecule has 1 aliphatic rings. The fourth-order valence-corrected chi connectivity index (χ4v) is 3.84. The zero-order valence-corrected chi connectivity index (χ0v) is 22.3. The molecule has 0 bridgehead atoms. The van der Waals surface area contributed by atoms with Gasteiger partial charge in [0, 0.05) is 39.7 Å². The highest BCUT2D eigenvalue weighted by molar-refractivity contribution is 14.0. The lowest BCUT2D eigenvalue weighted by Gasteiger charge is -2.32. The molecule has 180 valence electrons. The summed E-state index contributed by atoms with van der Waals surface area (Å²) in [5.74, 6) is 0.995. The number of hydrogen-bond donors (Lipinski definition) is 2. The van der Waals surface area contributed by atoms with Crippen LogP contribution < -0.4 is 10.6 Å². The van der Waals surface area contributed by atoms with Gasteiger partial charge < -0.3 is 20.3 Å². The quantitative estimate of drug-likeness (QED) is 0.290. The van der Waals surface area contributed by atoms with Gasteiger partial charge in [0.2, 0.25) is 5.91 Å². The van der Waals surface area contributed by atoms with E-state index in [4.69, 9.17) is 4.74 Å². The van der Waals surface area contributed by atoms with Gasteiger partial charge in [0.15, 0.2) is 5.96 Å². The summed E-state index contributed by atoms with van der Waals surface area (Å²) < 4.78 is 6.16. The molecule has 2 unspecified atom stereocenters. The molecule has 0 spiro atoms. The summed E-state index contributed by atoms with van der Waals surface area (Å²) >= 11 is 0. The molecule has 2 aromatic rings. The molecule has 1 heterocycles. The van der Waals surface area contributed by atoms with Gasteiger partial charge in [-0.2, -0.15) is 0 Å². The molecule has 1 saturated heterocycles. The van der Waals surface area contributed by atoms with Crippen LogP contribution in [0, 0.1) is 12.8 Å². The molecule has 1 aliphatic heterocycles. The number of rotatable bonds is 8. The van der Waals surface area contributed by atoms with Crippen LogP contribution in [-0.4, -0.2) is 57.1 Å². The fourth-order valence-electron chi connectivity index (χ4n) is 3.84. The Morgan fingerprint density at radius 2 is 1.82 bits per heavy atom. The van der Waals surface area contributed by atoms with Crippen molar-refractivity contribution in [2.45, 2.75) is 32.3 Å². The van der Waals surface area contributed by atoms with Crippen molar-refractivity contribution in [1.82, 2.24) is 15.5 Å². The first kappa shape index (κ1) is 27.1. The van der Waals surface area contributed by atoms with Gasteiger partial charge in [-0.25, -0.2) is 4.99 Å². The molecule has 2 atom stereocenters. The van der Waals surface area contributed by atoms with E-state index in [1.165, 1.54) is 16.7 Å². The number of aryl methyl sites for hydroxylation is 1. The predicted octanol–water partition coefficient (Wildman–Crippen LogP) is 3.95. The lowest BCUT2D eigenvalue weighted by atomic mass is 9.89. The van der Waals surface area contributed by atoms with E-state index in [0.717, 1.165) is 39.0 Å². The maximum absolute atomic E-state index is 12.1. The highest BCUT2D eigenvalue weighted by Gasteiger charge is 2.27. The Bertz CT molecular complexity index is 872. The largest absolute Gasteiger partial charge is 0.373 e. The van der Waals surface area contributed by atoms with Crippen LogP contribution in [0.2, 0.25) is 0 Å². The molecule has 7 heteroatoms. The van der Waals surface area contributed by atoms with Crippen molar-refractivity contribution in [1.29, 1.82) is 0 Å². The minimum Gasteiger partial charge on any atom is -0.373 e. The topological polar surface area (TPSA) is 66.0 Å². The molecule has 2 aromatic carbocycles. The van der Waals surface area contributed by atoms with E-state index in [1.807, 2.05) is 18.2 Å². The Labute approximate surface area is 215 Å². The summed E-state index contributed by atoms with van der Waals surface area (Å²) in [5, 5.41) is 6.86. The average molecular weight is 565 g/mol. The number of ether oxygens (including phenoxy) is 1. The second-order valence-corrected chi connectivity index (χ2v) is 8.60. The summed E-state index contributed by atoms with van der Waals surface area (Å²) in [5.41, 5.74) is 3.74. The second kappa shape index (κ2) is 14.2. The first-order valence-corrected chi connectivity index (χ1v) is 11.5. The number of halogens is 1. The van der Waals surface area contributed by atoms with Gasteiger partial charge in [0.25, 0.3) is 0 Å². The van der Waals surface area contributed by atoms with Crippen molar-refractivity contribution in [2.75, 3.05) is 40.3 Å². The van der Waals surface area contributed by atoms with Crippen LogP contribution in [0.3, 0.4) is 0 Å². The zero-order chi connectivity index (χ0) is 22.8. The smallest absolute Gasteiger partial charge is 0.243 e. The highest BCUT2D eigenvalue weighted by atomic mass is 127. The standard InChI is InChI=1S/C26H36N4O2.HI/c1-20-11-13-22(14-12-20)25-23(10-7-17-32-25)18-28-26(29-19-24(31)30(2)3)27-16-15-21-8-5-4-6-9-21;/h4-6,8-9,11-14,23,25H,7,10,15-19H2,1-3H3,(H2,27,28,29);1H. The number of amides is 1. The molecule has 3 rings (SSSR count). The third-order valence-corrected chi connectivity index (χ3v) is 5.80.